The van der Waals surface area contributed by atoms with Crippen LogP contribution in [-0.2, 0) is 11.3 Å². The quantitative estimate of drug-likeness (QED) is 0.845. The van der Waals surface area contributed by atoms with Crippen LogP contribution in [-0.4, -0.2) is 29.0 Å². The van der Waals surface area contributed by atoms with Crippen LogP contribution in [0.5, 0.6) is 0 Å². The summed E-state index contributed by atoms with van der Waals surface area (Å²) in [5, 5.41) is 7.69. The minimum atomic E-state index is -0.0869. The summed E-state index contributed by atoms with van der Waals surface area (Å²) in [7, 11) is 1.99. The Kier molecular flexibility index (Phi) is 3.30. The maximum absolute atomic E-state index is 5.89. The minimum Gasteiger partial charge on any atom is -0.373 e. The van der Waals surface area contributed by atoms with Crippen LogP contribution in [0.25, 0.3) is 0 Å². The molecule has 1 aliphatic heterocycles. The van der Waals surface area contributed by atoms with E-state index in [0.29, 0.717) is 0 Å². The van der Waals surface area contributed by atoms with Gasteiger partial charge in [0.2, 0.25) is 0 Å². The zero-order valence-corrected chi connectivity index (χ0v) is 10.4. The van der Waals surface area contributed by atoms with Crippen molar-refractivity contribution in [3.8, 4) is 0 Å². The van der Waals surface area contributed by atoms with Crippen molar-refractivity contribution in [1.29, 1.82) is 0 Å². The topological polar surface area (TPSA) is 39.1 Å². The van der Waals surface area contributed by atoms with E-state index in [2.05, 4.69) is 30.5 Å². The summed E-state index contributed by atoms with van der Waals surface area (Å²) in [5.74, 6) is 0. The molecule has 2 unspecified atom stereocenters. The molecule has 0 aromatic carbocycles. The lowest BCUT2D eigenvalue weighted by molar-refractivity contribution is -0.0105. The van der Waals surface area contributed by atoms with E-state index in [4.69, 9.17) is 4.74 Å². The molecular weight excluding hydrogens is 202 g/mol. The number of rotatable bonds is 4. The van der Waals surface area contributed by atoms with Crippen molar-refractivity contribution in [3.05, 3.63) is 18.0 Å². The molecule has 16 heavy (non-hydrogen) atoms. The van der Waals surface area contributed by atoms with E-state index in [0.717, 1.165) is 26.0 Å². The first-order valence-electron chi connectivity index (χ1n) is 6.03. The molecule has 1 aromatic rings. The van der Waals surface area contributed by atoms with Crippen LogP contribution in [0, 0.1) is 0 Å². The number of aromatic nitrogens is 2. The molecule has 90 valence electrons. The molecule has 2 atom stereocenters. The Balaban J connectivity index is 2.21. The van der Waals surface area contributed by atoms with Gasteiger partial charge in [0, 0.05) is 24.9 Å². The number of hydrogen-bond donors (Lipinski definition) is 1. The second kappa shape index (κ2) is 4.55. The van der Waals surface area contributed by atoms with Gasteiger partial charge in [-0.25, -0.2) is 0 Å². The third-order valence-electron chi connectivity index (χ3n) is 3.46. The van der Waals surface area contributed by atoms with Gasteiger partial charge in [0.05, 0.1) is 17.8 Å². The molecule has 1 N–H and O–H groups in total. The molecule has 0 spiro atoms. The maximum atomic E-state index is 5.89. The van der Waals surface area contributed by atoms with E-state index < -0.39 is 0 Å². The van der Waals surface area contributed by atoms with Crippen molar-refractivity contribution < 1.29 is 4.74 Å². The van der Waals surface area contributed by atoms with Crippen molar-refractivity contribution in [2.75, 3.05) is 13.7 Å². The largest absolute Gasteiger partial charge is 0.373 e. The second-order valence-electron chi connectivity index (χ2n) is 4.62. The van der Waals surface area contributed by atoms with E-state index in [1.807, 2.05) is 17.9 Å². The molecule has 0 saturated carbocycles. The number of hydrogen-bond acceptors (Lipinski definition) is 3. The average Bonchev–Trinajstić information content (AvgIpc) is 2.89. The first kappa shape index (κ1) is 11.6. The smallest absolute Gasteiger partial charge is 0.0850 e. The molecule has 0 amide bonds. The highest BCUT2D eigenvalue weighted by molar-refractivity contribution is 5.16. The zero-order valence-electron chi connectivity index (χ0n) is 10.4. The predicted octanol–water partition coefficient (Wildman–Crippen LogP) is 1.73. The SMILES string of the molecule is CCn1cc(C(NC)C2(C)CCCO2)cn1. The molecule has 4 nitrogen and oxygen atoms in total. The summed E-state index contributed by atoms with van der Waals surface area (Å²) in [6, 6.07) is 0.232. The highest BCUT2D eigenvalue weighted by Crippen LogP contribution is 2.36. The van der Waals surface area contributed by atoms with Gasteiger partial charge in [-0.05, 0) is 33.7 Å². The van der Waals surface area contributed by atoms with Crippen LogP contribution < -0.4 is 5.32 Å². The Morgan fingerprint density at radius 1 is 1.69 bits per heavy atom. The molecule has 1 saturated heterocycles. The summed E-state index contributed by atoms with van der Waals surface area (Å²) in [5.41, 5.74) is 1.13. The lowest BCUT2D eigenvalue weighted by atomic mass is 9.89. The van der Waals surface area contributed by atoms with Gasteiger partial charge in [0.15, 0.2) is 0 Å². The fourth-order valence-electron chi connectivity index (χ4n) is 2.55. The highest BCUT2D eigenvalue weighted by atomic mass is 16.5. The van der Waals surface area contributed by atoms with E-state index in [1.165, 1.54) is 5.56 Å². The van der Waals surface area contributed by atoms with E-state index in [9.17, 15) is 0 Å². The Bertz CT molecular complexity index is 342. The minimum absolute atomic E-state index is 0.0869. The number of nitrogens with one attached hydrogen (secondary N) is 1. The zero-order chi connectivity index (χ0) is 11.6. The Hall–Kier alpha value is -0.870. The lowest BCUT2D eigenvalue weighted by Crippen LogP contribution is -2.39. The predicted molar refractivity (Wildman–Crippen MR) is 63.3 cm³/mol. The van der Waals surface area contributed by atoms with Gasteiger partial charge < -0.3 is 10.1 Å². The molecule has 1 aliphatic rings. The van der Waals surface area contributed by atoms with Gasteiger partial charge >= 0.3 is 0 Å². The fourth-order valence-corrected chi connectivity index (χ4v) is 2.55. The third-order valence-corrected chi connectivity index (χ3v) is 3.46. The van der Waals surface area contributed by atoms with Crippen LogP contribution in [0.4, 0.5) is 0 Å². The van der Waals surface area contributed by atoms with Gasteiger partial charge in [-0.1, -0.05) is 0 Å². The van der Waals surface area contributed by atoms with Gasteiger partial charge in [0.1, 0.15) is 0 Å². The van der Waals surface area contributed by atoms with Gasteiger partial charge in [-0.15, -0.1) is 0 Å². The number of aryl methyl sites for hydroxylation is 1. The van der Waals surface area contributed by atoms with Crippen molar-refractivity contribution in [2.24, 2.45) is 0 Å². The number of likely N-dealkylation sites (N-methyl/N-ethyl adjacent to an activating group) is 1. The van der Waals surface area contributed by atoms with Crippen LogP contribution in [0.2, 0.25) is 0 Å². The van der Waals surface area contributed by atoms with Gasteiger partial charge in [-0.2, -0.15) is 5.10 Å². The molecule has 2 heterocycles. The van der Waals surface area contributed by atoms with Gasteiger partial charge in [-0.3, -0.25) is 4.68 Å². The lowest BCUT2D eigenvalue weighted by Gasteiger charge is -2.32. The Labute approximate surface area is 97.0 Å². The van der Waals surface area contributed by atoms with Gasteiger partial charge in [0.25, 0.3) is 0 Å². The number of ether oxygens (including phenoxy) is 1. The highest BCUT2D eigenvalue weighted by Gasteiger charge is 2.38. The standard InChI is InChI=1S/C12H21N3O/c1-4-15-9-10(8-14-15)11(13-3)12(2)6-5-7-16-12/h8-9,11,13H,4-7H2,1-3H3. The first-order chi connectivity index (χ1) is 7.69. The van der Waals surface area contributed by atoms with Crippen LogP contribution in [0.15, 0.2) is 12.4 Å². The fraction of sp³-hybridized carbons (Fsp3) is 0.750. The normalized spacial score (nSPS) is 27.2. The van der Waals surface area contributed by atoms with Crippen molar-refractivity contribution >= 4 is 0 Å². The number of nitrogens with zero attached hydrogens (tertiary/aromatic N) is 2. The first-order valence-corrected chi connectivity index (χ1v) is 6.03. The molecular formula is C12H21N3O. The molecule has 0 bridgehead atoms. The molecule has 4 heteroatoms. The maximum Gasteiger partial charge on any atom is 0.0850 e. The molecule has 1 aromatic heterocycles. The second-order valence-corrected chi connectivity index (χ2v) is 4.62. The summed E-state index contributed by atoms with van der Waals surface area (Å²) < 4.78 is 7.85. The third kappa shape index (κ3) is 1.99. The van der Waals surface area contributed by atoms with Crippen molar-refractivity contribution in [2.45, 2.75) is 44.9 Å². The Morgan fingerprint density at radius 3 is 3.00 bits per heavy atom. The summed E-state index contributed by atoms with van der Waals surface area (Å²) >= 11 is 0. The average molecular weight is 223 g/mol. The van der Waals surface area contributed by atoms with E-state index >= 15 is 0 Å². The van der Waals surface area contributed by atoms with Crippen molar-refractivity contribution in [3.63, 3.8) is 0 Å². The summed E-state index contributed by atoms with van der Waals surface area (Å²) in [6.45, 7) is 6.06. The van der Waals surface area contributed by atoms with E-state index in [1.54, 1.807) is 0 Å². The van der Waals surface area contributed by atoms with Crippen LogP contribution in [0.1, 0.15) is 38.3 Å². The van der Waals surface area contributed by atoms with Crippen LogP contribution >= 0.6 is 0 Å². The molecule has 0 radical (unpaired) electrons. The molecule has 0 aliphatic carbocycles. The van der Waals surface area contributed by atoms with Crippen molar-refractivity contribution in [1.82, 2.24) is 15.1 Å². The van der Waals surface area contributed by atoms with Crippen LogP contribution in [0.3, 0.4) is 0 Å². The van der Waals surface area contributed by atoms with E-state index in [-0.39, 0.29) is 11.6 Å². The monoisotopic (exact) mass is 223 g/mol. The molecule has 2 rings (SSSR count). The Morgan fingerprint density at radius 2 is 2.50 bits per heavy atom. The molecule has 1 fully saturated rings. The summed E-state index contributed by atoms with van der Waals surface area (Å²) in [6.07, 6.45) is 6.30. The summed E-state index contributed by atoms with van der Waals surface area (Å²) in [4.78, 5) is 0.